The molecule has 2 N–H and O–H groups in total. The van der Waals surface area contributed by atoms with Crippen molar-refractivity contribution in [2.75, 3.05) is 0 Å². The Balaban J connectivity index is 0.000000494. The van der Waals surface area contributed by atoms with Crippen LogP contribution < -0.4 is 18.9 Å². The summed E-state index contributed by atoms with van der Waals surface area (Å²) in [5.41, 5.74) is 10.1. The van der Waals surface area contributed by atoms with Gasteiger partial charge in [0.1, 0.15) is 28.6 Å². The molecule has 392 valence electrons. The van der Waals surface area contributed by atoms with Crippen LogP contribution in [-0.2, 0) is 30.4 Å². The number of rotatable bonds is 26. The van der Waals surface area contributed by atoms with Crippen molar-refractivity contribution in [2.24, 2.45) is 0 Å². The van der Waals surface area contributed by atoms with Crippen molar-refractivity contribution in [1.29, 1.82) is 0 Å². The highest BCUT2D eigenvalue weighted by molar-refractivity contribution is 5.87. The molecule has 3 rings (SSSR count). The maximum Gasteiger partial charge on any atom is 0.331 e. The van der Waals surface area contributed by atoms with Gasteiger partial charge in [-0.15, -0.1) is 0 Å². The lowest BCUT2D eigenvalue weighted by Gasteiger charge is -2.32. The van der Waals surface area contributed by atoms with E-state index in [1.165, 1.54) is 48.6 Å². The number of benzene rings is 2. The molecule has 2 aromatic carbocycles. The number of esters is 3. The maximum absolute atomic E-state index is 11.6. The van der Waals surface area contributed by atoms with E-state index in [0.29, 0.717) is 54.1 Å². The van der Waals surface area contributed by atoms with Crippen LogP contribution in [0.5, 0.6) is 23.0 Å². The van der Waals surface area contributed by atoms with Crippen molar-refractivity contribution in [1.82, 2.24) is 0 Å². The summed E-state index contributed by atoms with van der Waals surface area (Å²) in [7, 11) is 0. The molecule has 1 unspecified atom stereocenters. The second kappa shape index (κ2) is 31.8. The number of fused-ring (bicyclic) bond motifs is 1. The third-order valence-electron chi connectivity index (χ3n) is 11.7. The quantitative estimate of drug-likeness (QED) is 0.0303. The second-order valence-corrected chi connectivity index (χ2v) is 19.5. The lowest BCUT2D eigenvalue weighted by molar-refractivity contribution is -0.133. The normalized spacial score (nSPS) is 14.8. The van der Waals surface area contributed by atoms with E-state index < -0.39 is 29.5 Å². The maximum atomic E-state index is 11.6. The summed E-state index contributed by atoms with van der Waals surface area (Å²) in [4.78, 5) is 57.2. The number of unbranched alkanes of at least 4 members (excludes halogenated alkanes) is 1. The summed E-state index contributed by atoms with van der Waals surface area (Å²) in [6, 6.07) is 7.07. The van der Waals surface area contributed by atoms with Crippen molar-refractivity contribution in [3.63, 3.8) is 0 Å². The first kappa shape index (κ1) is 61.6. The lowest BCUT2D eigenvalue weighted by Crippen LogP contribution is -2.32. The van der Waals surface area contributed by atoms with Gasteiger partial charge in [0.2, 0.25) is 0 Å². The Bertz CT molecular complexity index is 2460. The smallest absolute Gasteiger partial charge is 0.331 e. The zero-order valence-corrected chi connectivity index (χ0v) is 45.5. The molecule has 0 fully saturated rings. The van der Waals surface area contributed by atoms with Gasteiger partial charge in [-0.2, -0.15) is 0 Å². The predicted octanol–water partition coefficient (Wildman–Crippen LogP) is 15.3. The standard InChI is InChI=1S/C31H42O6.C30H40O5/c1-21(2)11-8-15-27(31(34)35)16-10-14-22(3)12-9-13-23(4)17-18-28-20-29(36-25(6)32)19-24(5)30(28)37-26(7)33;1-21(2)11-7-8-14-25(29(32)33)15-9-12-22(3)13-10-17-30(6)18-16-26-20-27(34-24(5)31)19-23(4)28(26)35-30/h11-12,16-17,19-20H,8-10,13-15,18H2,1-7H3,(H,34,35);11,13,15-16,18-20H,7-10,12,14,17H2,1-6H3,(H,32,33)/b22-12+,23-17+,27-16-;22-13+,25-15-. The summed E-state index contributed by atoms with van der Waals surface area (Å²) in [5.74, 6) is -0.521. The van der Waals surface area contributed by atoms with Gasteiger partial charge in [0.05, 0.1) is 0 Å². The minimum Gasteiger partial charge on any atom is -0.483 e. The van der Waals surface area contributed by atoms with Crippen LogP contribution in [0.15, 0.2) is 112 Å². The first-order valence-electron chi connectivity index (χ1n) is 25.2. The molecule has 2 aromatic rings. The zero-order valence-electron chi connectivity index (χ0n) is 45.5. The molecule has 1 aliphatic rings. The van der Waals surface area contributed by atoms with Crippen molar-refractivity contribution in [2.45, 2.75) is 186 Å². The van der Waals surface area contributed by atoms with E-state index >= 15 is 0 Å². The zero-order chi connectivity index (χ0) is 54.0. The highest BCUT2D eigenvalue weighted by Gasteiger charge is 2.28. The Morgan fingerprint density at radius 2 is 1.01 bits per heavy atom. The number of ether oxygens (including phenoxy) is 4. The van der Waals surface area contributed by atoms with E-state index in [9.17, 15) is 34.2 Å². The number of aliphatic carboxylic acids is 2. The SMILES string of the molecule is CC(=O)Oc1cc(C)c(OC(C)=O)c(C/C=C(\C)CC/C=C(\C)CC/C=C(/CCC=C(C)C)C(=O)O)c1.CC(=O)Oc1cc(C)c2c(c1)C=CC(C)(CC/C=C(\C)CC/C=C(/CCCC=C(C)C)C(=O)O)O2. The molecule has 0 aliphatic carbocycles. The predicted molar refractivity (Wildman–Crippen MR) is 290 cm³/mol. The molecule has 1 heterocycles. The molecule has 0 saturated carbocycles. The molecule has 0 amide bonds. The van der Waals surface area contributed by atoms with Gasteiger partial charge < -0.3 is 29.2 Å². The molecule has 11 nitrogen and oxygen atoms in total. The van der Waals surface area contributed by atoms with Crippen LogP contribution in [-0.4, -0.2) is 45.7 Å². The molecule has 0 aromatic heterocycles. The Kier molecular flexibility index (Phi) is 27.2. The third-order valence-corrected chi connectivity index (χ3v) is 11.7. The molecule has 72 heavy (non-hydrogen) atoms. The first-order valence-corrected chi connectivity index (χ1v) is 25.2. The summed E-state index contributed by atoms with van der Waals surface area (Å²) in [6.45, 7) is 24.3. The van der Waals surface area contributed by atoms with Gasteiger partial charge in [-0.05, 0) is 201 Å². The molecule has 0 radical (unpaired) electrons. The molecule has 1 atom stereocenters. The number of allylic oxidation sites excluding steroid dienone is 12. The van der Waals surface area contributed by atoms with Crippen molar-refractivity contribution in [3.05, 3.63) is 134 Å². The van der Waals surface area contributed by atoms with Crippen molar-refractivity contribution in [3.8, 4) is 23.0 Å². The van der Waals surface area contributed by atoms with E-state index in [2.05, 4.69) is 78.0 Å². The molecule has 0 saturated heterocycles. The van der Waals surface area contributed by atoms with Gasteiger partial charge >= 0.3 is 29.8 Å². The van der Waals surface area contributed by atoms with E-state index in [1.807, 2.05) is 58.1 Å². The van der Waals surface area contributed by atoms with Crippen LogP contribution in [0.1, 0.15) is 182 Å². The lowest BCUT2D eigenvalue weighted by atomic mass is 9.93. The average molecular weight is 991 g/mol. The monoisotopic (exact) mass is 991 g/mol. The van der Waals surface area contributed by atoms with E-state index in [1.54, 1.807) is 12.1 Å². The average Bonchev–Trinajstić information content (AvgIpc) is 3.26. The molecular weight excluding hydrogens is 909 g/mol. The Labute approximate surface area is 430 Å². The molecule has 0 spiro atoms. The summed E-state index contributed by atoms with van der Waals surface area (Å²) < 4.78 is 22.2. The number of aryl methyl sites for hydroxylation is 2. The van der Waals surface area contributed by atoms with Crippen molar-refractivity contribution < 1.29 is 53.1 Å². The van der Waals surface area contributed by atoms with Crippen LogP contribution in [0.3, 0.4) is 0 Å². The minimum absolute atomic E-state index is 0.341. The van der Waals surface area contributed by atoms with E-state index in [4.69, 9.17) is 18.9 Å². The highest BCUT2D eigenvalue weighted by Crippen LogP contribution is 2.39. The number of hydrogen-bond acceptors (Lipinski definition) is 9. The van der Waals surface area contributed by atoms with Crippen LogP contribution in [0.4, 0.5) is 0 Å². The van der Waals surface area contributed by atoms with Crippen LogP contribution in [0.2, 0.25) is 0 Å². The Morgan fingerprint density at radius 3 is 1.56 bits per heavy atom. The van der Waals surface area contributed by atoms with E-state index in [-0.39, 0.29) is 5.97 Å². The molecular formula is C61H82O11. The van der Waals surface area contributed by atoms with Crippen molar-refractivity contribution >= 4 is 35.9 Å². The Hall–Kier alpha value is -6.49. The summed E-state index contributed by atoms with van der Waals surface area (Å²) in [6.07, 6.45) is 29.3. The van der Waals surface area contributed by atoms with Gasteiger partial charge in [0.25, 0.3) is 0 Å². The fourth-order valence-electron chi connectivity index (χ4n) is 7.88. The fraction of sp³-hybridized carbons (Fsp3) is 0.459. The van der Waals surface area contributed by atoms with Gasteiger partial charge in [0.15, 0.2) is 0 Å². The molecule has 11 heteroatoms. The highest BCUT2D eigenvalue weighted by atomic mass is 16.5. The van der Waals surface area contributed by atoms with Crippen LogP contribution in [0.25, 0.3) is 6.08 Å². The van der Waals surface area contributed by atoms with Crippen LogP contribution >= 0.6 is 0 Å². The number of hydrogen-bond donors (Lipinski definition) is 2. The fourth-order valence-corrected chi connectivity index (χ4v) is 7.88. The van der Waals surface area contributed by atoms with Gasteiger partial charge in [-0.1, -0.05) is 76.5 Å². The first-order chi connectivity index (χ1) is 33.9. The summed E-state index contributed by atoms with van der Waals surface area (Å²) >= 11 is 0. The minimum atomic E-state index is -0.838. The number of carbonyl (C=O) groups excluding carboxylic acids is 3. The van der Waals surface area contributed by atoms with Crippen LogP contribution in [0, 0.1) is 13.8 Å². The van der Waals surface area contributed by atoms with E-state index in [0.717, 1.165) is 92.2 Å². The topological polar surface area (TPSA) is 163 Å². The number of carboxylic acid groups (broad SMARTS) is 2. The third kappa shape index (κ3) is 25.1. The van der Waals surface area contributed by atoms with Gasteiger partial charge in [-0.3, -0.25) is 14.4 Å². The number of carbonyl (C=O) groups is 5. The number of carboxylic acids is 2. The second-order valence-electron chi connectivity index (χ2n) is 19.5. The van der Waals surface area contributed by atoms with Gasteiger partial charge in [0, 0.05) is 43.0 Å². The molecule has 1 aliphatic heterocycles. The largest absolute Gasteiger partial charge is 0.483 e. The Morgan fingerprint density at radius 1 is 0.542 bits per heavy atom. The summed E-state index contributed by atoms with van der Waals surface area (Å²) in [5, 5.41) is 18.9. The van der Waals surface area contributed by atoms with Gasteiger partial charge in [-0.25, -0.2) is 9.59 Å². The molecule has 0 bridgehead atoms.